The predicted octanol–water partition coefficient (Wildman–Crippen LogP) is 2.19. The van der Waals surface area contributed by atoms with Gasteiger partial charge in [-0.1, -0.05) is 11.6 Å². The number of halogens is 2. The number of rotatable bonds is 5. The molecule has 9 nitrogen and oxygen atoms in total. The van der Waals surface area contributed by atoms with Gasteiger partial charge in [-0.05, 0) is 44.2 Å². The number of nitrogens with zero attached hydrogens (tertiary/aromatic N) is 2. The number of hydrogen-bond donors (Lipinski definition) is 3. The number of aliphatic hydroxyl groups is 1. The van der Waals surface area contributed by atoms with Gasteiger partial charge in [-0.3, -0.25) is 9.59 Å². The summed E-state index contributed by atoms with van der Waals surface area (Å²) in [5.41, 5.74) is -0.971. The van der Waals surface area contributed by atoms with Gasteiger partial charge in [-0.15, -0.1) is 0 Å². The van der Waals surface area contributed by atoms with Crippen molar-refractivity contribution in [1.29, 1.82) is 0 Å². The number of benzene rings is 1. The van der Waals surface area contributed by atoms with Gasteiger partial charge in [-0.25, -0.2) is 14.1 Å². The van der Waals surface area contributed by atoms with E-state index < -0.39 is 38.3 Å². The summed E-state index contributed by atoms with van der Waals surface area (Å²) in [6.45, 7) is 2.27. The monoisotopic (exact) mass is 468 g/mol. The van der Waals surface area contributed by atoms with Crippen LogP contribution in [0.4, 0.5) is 10.1 Å². The second kappa shape index (κ2) is 7.91. The van der Waals surface area contributed by atoms with Crippen LogP contribution in [-0.4, -0.2) is 40.5 Å². The summed E-state index contributed by atoms with van der Waals surface area (Å²) in [4.78, 5) is 28.1. The molecule has 3 rings (SSSR count). The van der Waals surface area contributed by atoms with Crippen LogP contribution >= 0.6 is 11.6 Å². The van der Waals surface area contributed by atoms with Gasteiger partial charge in [0.2, 0.25) is 0 Å². The fourth-order valence-corrected chi connectivity index (χ4v) is 3.93. The zero-order chi connectivity index (χ0) is 23.1. The highest BCUT2D eigenvalue weighted by molar-refractivity contribution is 7.90. The van der Waals surface area contributed by atoms with Crippen LogP contribution in [0, 0.1) is 5.82 Å². The fraction of sp³-hybridized carbons (Fsp3) is 0.211. The first kappa shape index (κ1) is 22.7. The van der Waals surface area contributed by atoms with Crippen LogP contribution in [0.15, 0.2) is 41.6 Å². The van der Waals surface area contributed by atoms with Crippen LogP contribution in [-0.2, 0) is 21.9 Å². The van der Waals surface area contributed by atoms with Gasteiger partial charge >= 0.3 is 0 Å². The average Bonchev–Trinajstić information content (AvgIpc) is 3.01. The third-order valence-corrected chi connectivity index (χ3v) is 6.03. The predicted molar refractivity (Wildman–Crippen MR) is 112 cm³/mol. The number of aryl methyl sites for hydroxylation is 1. The quantitative estimate of drug-likeness (QED) is 0.526. The molecular weight excluding hydrogens is 451 g/mol. The highest BCUT2D eigenvalue weighted by atomic mass is 35.5. The molecule has 2 aromatic heterocycles. The molecule has 0 saturated heterocycles. The van der Waals surface area contributed by atoms with Crippen molar-refractivity contribution in [2.45, 2.75) is 24.5 Å². The minimum Gasteiger partial charge on any atom is -0.381 e. The standard InChI is InChI=1S/C19H18ClFN4O5S/c1-19(2,28)18(27)24-31(29,30)15-7-4-10(9-22-15)23-17(26)14-8-11-13(25(14)3)6-5-12(21)16(11)20/h4-9,28H,1-3H3,(H,23,26)(H,24,27). The lowest BCUT2D eigenvalue weighted by atomic mass is 10.1. The smallest absolute Gasteiger partial charge is 0.281 e. The zero-order valence-electron chi connectivity index (χ0n) is 16.6. The summed E-state index contributed by atoms with van der Waals surface area (Å²) in [5, 5.41) is 11.9. The van der Waals surface area contributed by atoms with Crippen molar-refractivity contribution in [2.75, 3.05) is 5.32 Å². The summed E-state index contributed by atoms with van der Waals surface area (Å²) < 4.78 is 41.3. The first-order chi connectivity index (χ1) is 14.3. The largest absolute Gasteiger partial charge is 0.381 e. The SMILES string of the molecule is Cn1c(C(=O)Nc2ccc(S(=O)(=O)NC(=O)C(C)(C)O)nc2)cc2c(Cl)c(F)ccc21. The highest BCUT2D eigenvalue weighted by Gasteiger charge is 2.29. The van der Waals surface area contributed by atoms with Crippen molar-refractivity contribution in [3.05, 3.63) is 53.1 Å². The van der Waals surface area contributed by atoms with Crippen LogP contribution in [0.2, 0.25) is 5.02 Å². The van der Waals surface area contributed by atoms with E-state index in [1.807, 2.05) is 0 Å². The molecule has 0 atom stereocenters. The molecule has 2 amide bonds. The highest BCUT2D eigenvalue weighted by Crippen LogP contribution is 2.29. The van der Waals surface area contributed by atoms with Crippen LogP contribution < -0.4 is 10.0 Å². The normalized spacial score (nSPS) is 12.1. The lowest BCUT2D eigenvalue weighted by Crippen LogP contribution is -2.44. The number of pyridine rings is 1. The Morgan fingerprint density at radius 3 is 2.48 bits per heavy atom. The molecule has 0 radical (unpaired) electrons. The van der Waals surface area contributed by atoms with Gasteiger partial charge in [0.25, 0.3) is 21.8 Å². The topological polar surface area (TPSA) is 130 Å². The number of hydrogen-bond acceptors (Lipinski definition) is 6. The minimum absolute atomic E-state index is 0.100. The lowest BCUT2D eigenvalue weighted by Gasteiger charge is -2.16. The van der Waals surface area contributed by atoms with E-state index in [1.54, 1.807) is 11.8 Å². The van der Waals surface area contributed by atoms with Gasteiger partial charge in [0.05, 0.1) is 22.4 Å². The Bertz CT molecular complexity index is 1300. The lowest BCUT2D eigenvalue weighted by molar-refractivity contribution is -0.134. The van der Waals surface area contributed by atoms with Crippen molar-refractivity contribution in [3.63, 3.8) is 0 Å². The zero-order valence-corrected chi connectivity index (χ0v) is 18.2. The average molecular weight is 469 g/mol. The van der Waals surface area contributed by atoms with Crippen molar-refractivity contribution >= 4 is 50.0 Å². The Kier molecular flexibility index (Phi) is 5.78. The van der Waals surface area contributed by atoms with E-state index >= 15 is 0 Å². The second-order valence-electron chi connectivity index (χ2n) is 7.22. The molecule has 0 bridgehead atoms. The number of anilines is 1. The molecule has 2 heterocycles. The summed E-state index contributed by atoms with van der Waals surface area (Å²) >= 11 is 5.97. The molecule has 3 N–H and O–H groups in total. The Morgan fingerprint density at radius 2 is 1.90 bits per heavy atom. The Morgan fingerprint density at radius 1 is 1.23 bits per heavy atom. The number of sulfonamides is 1. The molecule has 164 valence electrons. The Hall–Kier alpha value is -3.02. The van der Waals surface area contributed by atoms with E-state index in [4.69, 9.17) is 11.6 Å². The maximum Gasteiger partial charge on any atom is 0.281 e. The van der Waals surface area contributed by atoms with Crippen LogP contribution in [0.25, 0.3) is 10.9 Å². The number of nitrogens with one attached hydrogen (secondary N) is 2. The maximum absolute atomic E-state index is 13.7. The van der Waals surface area contributed by atoms with E-state index in [2.05, 4.69) is 10.3 Å². The molecule has 3 aromatic rings. The summed E-state index contributed by atoms with van der Waals surface area (Å²) in [6.07, 6.45) is 1.09. The molecule has 0 saturated carbocycles. The third kappa shape index (κ3) is 4.53. The van der Waals surface area contributed by atoms with Gasteiger partial charge in [0.1, 0.15) is 17.1 Å². The first-order valence-corrected chi connectivity index (χ1v) is 10.7. The number of carbonyl (C=O) groups is 2. The first-order valence-electron chi connectivity index (χ1n) is 8.82. The fourth-order valence-electron chi connectivity index (χ4n) is 2.67. The molecular formula is C19H18ClFN4O5S. The van der Waals surface area contributed by atoms with E-state index in [9.17, 15) is 27.5 Å². The summed E-state index contributed by atoms with van der Waals surface area (Å²) in [6, 6.07) is 6.50. The van der Waals surface area contributed by atoms with Gasteiger partial charge in [0, 0.05) is 12.4 Å². The molecule has 0 fully saturated rings. The molecule has 1 aromatic carbocycles. The molecule has 0 aliphatic carbocycles. The van der Waals surface area contributed by atoms with E-state index in [0.717, 1.165) is 26.1 Å². The molecule has 12 heteroatoms. The van der Waals surface area contributed by atoms with Crippen molar-refractivity contribution in [1.82, 2.24) is 14.3 Å². The van der Waals surface area contributed by atoms with E-state index in [-0.39, 0.29) is 16.4 Å². The van der Waals surface area contributed by atoms with E-state index in [1.165, 1.54) is 28.8 Å². The second-order valence-corrected chi connectivity index (χ2v) is 9.22. The van der Waals surface area contributed by atoms with Gasteiger partial charge < -0.3 is 15.0 Å². The number of fused-ring (bicyclic) bond motifs is 1. The Balaban J connectivity index is 1.81. The third-order valence-electron chi connectivity index (χ3n) is 4.40. The van der Waals surface area contributed by atoms with Crippen LogP contribution in [0.1, 0.15) is 24.3 Å². The molecule has 0 aliphatic rings. The molecule has 31 heavy (non-hydrogen) atoms. The Labute approximate surface area is 181 Å². The van der Waals surface area contributed by atoms with Crippen molar-refractivity contribution in [3.8, 4) is 0 Å². The van der Waals surface area contributed by atoms with Crippen molar-refractivity contribution in [2.24, 2.45) is 7.05 Å². The molecule has 0 aliphatic heterocycles. The summed E-state index contributed by atoms with van der Waals surface area (Å²) in [7, 11) is -2.69. The van der Waals surface area contributed by atoms with Gasteiger partial charge in [-0.2, -0.15) is 8.42 Å². The summed E-state index contributed by atoms with van der Waals surface area (Å²) in [5.74, 6) is -2.27. The number of carbonyl (C=O) groups excluding carboxylic acids is 2. The number of aromatic nitrogens is 2. The molecule has 0 unspecified atom stereocenters. The van der Waals surface area contributed by atoms with Gasteiger partial charge in [0.15, 0.2) is 5.03 Å². The van der Waals surface area contributed by atoms with Crippen molar-refractivity contribution < 1.29 is 27.5 Å². The minimum atomic E-state index is -4.31. The van der Waals surface area contributed by atoms with Crippen LogP contribution in [0.3, 0.4) is 0 Å². The number of amides is 2. The maximum atomic E-state index is 13.7. The molecule has 0 spiro atoms. The van der Waals surface area contributed by atoms with Crippen LogP contribution in [0.5, 0.6) is 0 Å². The van der Waals surface area contributed by atoms with E-state index in [0.29, 0.717) is 10.9 Å².